The van der Waals surface area contributed by atoms with Crippen LogP contribution in [0.25, 0.3) is 0 Å². The number of aryl methyl sites for hydroxylation is 2. The van der Waals surface area contributed by atoms with Gasteiger partial charge in [-0.1, -0.05) is 0 Å². The fourth-order valence-corrected chi connectivity index (χ4v) is 2.66. The van der Waals surface area contributed by atoms with Crippen LogP contribution in [0.1, 0.15) is 31.3 Å². The number of methoxy groups -OCH3 is 1. The number of nitrogens with zero attached hydrogens (tertiary/aromatic N) is 2. The van der Waals surface area contributed by atoms with E-state index in [0.29, 0.717) is 16.1 Å². The zero-order valence-corrected chi connectivity index (χ0v) is 12.5. The summed E-state index contributed by atoms with van der Waals surface area (Å²) in [5, 5.41) is 7.26. The number of aromatic nitrogens is 2. The van der Waals surface area contributed by atoms with Gasteiger partial charge in [0, 0.05) is 17.6 Å². The molecule has 2 aromatic rings. The third-order valence-electron chi connectivity index (χ3n) is 2.97. The minimum Gasteiger partial charge on any atom is -0.465 e. The first-order chi connectivity index (χ1) is 9.43. The van der Waals surface area contributed by atoms with E-state index in [2.05, 4.69) is 10.4 Å². The second-order valence-corrected chi connectivity index (χ2v) is 5.57. The molecule has 0 aliphatic heterocycles. The van der Waals surface area contributed by atoms with Gasteiger partial charge in [0.05, 0.1) is 24.4 Å². The zero-order valence-electron chi connectivity index (χ0n) is 11.7. The Morgan fingerprint density at radius 1 is 1.35 bits per heavy atom. The van der Waals surface area contributed by atoms with Gasteiger partial charge in [0.2, 0.25) is 0 Å². The van der Waals surface area contributed by atoms with Crippen LogP contribution in [0.15, 0.2) is 12.3 Å². The first-order valence-corrected chi connectivity index (χ1v) is 6.74. The number of nitrogens with one attached hydrogen (secondary N) is 1. The number of ether oxygens (including phenoxy) is 1. The number of thiophene rings is 1. The van der Waals surface area contributed by atoms with E-state index >= 15 is 0 Å². The molecule has 2 rings (SSSR count). The number of amides is 1. The Labute approximate surface area is 120 Å². The highest BCUT2D eigenvalue weighted by Crippen LogP contribution is 2.28. The number of anilines is 1. The molecule has 1 N–H and O–H groups in total. The summed E-state index contributed by atoms with van der Waals surface area (Å²) in [5.74, 6) is -0.754. The Morgan fingerprint density at radius 2 is 2.05 bits per heavy atom. The largest absolute Gasteiger partial charge is 0.465 e. The van der Waals surface area contributed by atoms with Crippen molar-refractivity contribution < 1.29 is 14.3 Å². The van der Waals surface area contributed by atoms with E-state index in [-0.39, 0.29) is 5.91 Å². The molecule has 106 valence electrons. The van der Waals surface area contributed by atoms with Gasteiger partial charge < -0.3 is 10.1 Å². The van der Waals surface area contributed by atoms with Gasteiger partial charge in [-0.15, -0.1) is 11.3 Å². The summed E-state index contributed by atoms with van der Waals surface area (Å²) in [6, 6.07) is 1.70. The predicted octanol–water partition coefficient (Wildman–Crippen LogP) is 2.14. The maximum Gasteiger partial charge on any atom is 0.340 e. The van der Waals surface area contributed by atoms with Gasteiger partial charge in [-0.25, -0.2) is 4.79 Å². The Kier molecular flexibility index (Phi) is 3.89. The lowest BCUT2D eigenvalue weighted by Crippen LogP contribution is -2.14. The summed E-state index contributed by atoms with van der Waals surface area (Å²) in [6.45, 7) is 3.67. The van der Waals surface area contributed by atoms with E-state index < -0.39 is 5.97 Å². The highest BCUT2D eigenvalue weighted by atomic mass is 32.1. The van der Waals surface area contributed by atoms with Gasteiger partial charge in [0.15, 0.2) is 0 Å². The van der Waals surface area contributed by atoms with E-state index in [1.807, 2.05) is 13.8 Å². The van der Waals surface area contributed by atoms with Gasteiger partial charge in [0.1, 0.15) is 5.00 Å². The van der Waals surface area contributed by atoms with Crippen LogP contribution in [0.3, 0.4) is 0 Å². The van der Waals surface area contributed by atoms with Crippen LogP contribution in [0.5, 0.6) is 0 Å². The summed E-state index contributed by atoms with van der Waals surface area (Å²) >= 11 is 1.33. The lowest BCUT2D eigenvalue weighted by molar-refractivity contribution is 0.0602. The van der Waals surface area contributed by atoms with Crippen LogP contribution in [-0.2, 0) is 11.8 Å². The number of hydrogen-bond acceptors (Lipinski definition) is 5. The Morgan fingerprint density at radius 3 is 2.60 bits per heavy atom. The average molecular weight is 293 g/mol. The maximum atomic E-state index is 12.2. The molecule has 6 nitrogen and oxygen atoms in total. The number of carbonyl (C=O) groups is 2. The number of rotatable bonds is 3. The second kappa shape index (κ2) is 5.46. The quantitative estimate of drug-likeness (QED) is 0.880. The number of hydrogen-bond donors (Lipinski definition) is 1. The minimum absolute atomic E-state index is 0.289. The van der Waals surface area contributed by atoms with Gasteiger partial charge in [-0.2, -0.15) is 5.10 Å². The lowest BCUT2D eigenvalue weighted by Gasteiger charge is -2.05. The van der Waals surface area contributed by atoms with E-state index in [1.165, 1.54) is 24.6 Å². The molecular formula is C13H15N3O3S. The summed E-state index contributed by atoms with van der Waals surface area (Å²) in [4.78, 5) is 24.8. The molecule has 0 saturated carbocycles. The van der Waals surface area contributed by atoms with Crippen LogP contribution in [0, 0.1) is 13.8 Å². The molecule has 0 saturated heterocycles. The van der Waals surface area contributed by atoms with Crippen LogP contribution in [0.4, 0.5) is 5.00 Å². The molecule has 7 heteroatoms. The van der Waals surface area contributed by atoms with E-state index in [4.69, 9.17) is 4.74 Å². The van der Waals surface area contributed by atoms with Crippen molar-refractivity contribution in [1.29, 1.82) is 0 Å². The fourth-order valence-electron chi connectivity index (χ4n) is 1.76. The molecule has 0 atom stereocenters. The first-order valence-electron chi connectivity index (χ1n) is 5.92. The maximum absolute atomic E-state index is 12.2. The van der Waals surface area contributed by atoms with Crippen LogP contribution < -0.4 is 5.32 Å². The van der Waals surface area contributed by atoms with Gasteiger partial charge >= 0.3 is 5.97 Å². The van der Waals surface area contributed by atoms with Crippen molar-refractivity contribution in [2.75, 3.05) is 12.4 Å². The van der Waals surface area contributed by atoms with Crippen molar-refractivity contribution in [2.45, 2.75) is 13.8 Å². The molecule has 0 aromatic carbocycles. The number of esters is 1. The van der Waals surface area contributed by atoms with Crippen molar-refractivity contribution in [3.8, 4) is 0 Å². The van der Waals surface area contributed by atoms with E-state index in [0.717, 1.165) is 10.6 Å². The second-order valence-electron chi connectivity index (χ2n) is 4.31. The van der Waals surface area contributed by atoms with Crippen LogP contribution >= 0.6 is 11.3 Å². The highest BCUT2D eigenvalue weighted by molar-refractivity contribution is 7.16. The summed E-state index contributed by atoms with van der Waals surface area (Å²) in [6.07, 6.45) is 1.50. The van der Waals surface area contributed by atoms with Crippen molar-refractivity contribution >= 4 is 28.2 Å². The molecule has 2 heterocycles. The van der Waals surface area contributed by atoms with Crippen LogP contribution in [-0.4, -0.2) is 28.8 Å². The highest BCUT2D eigenvalue weighted by Gasteiger charge is 2.19. The van der Waals surface area contributed by atoms with Crippen LogP contribution in [0.2, 0.25) is 0 Å². The SMILES string of the molecule is COC(=O)c1cc(C)sc1NC(=O)c1cnn(C)c1C. The fraction of sp³-hybridized carbons (Fsp3) is 0.308. The summed E-state index contributed by atoms with van der Waals surface area (Å²) in [7, 11) is 3.08. The summed E-state index contributed by atoms with van der Waals surface area (Å²) < 4.78 is 6.33. The number of carbonyl (C=O) groups excluding carboxylic acids is 2. The third-order valence-corrected chi connectivity index (χ3v) is 3.93. The first kappa shape index (κ1) is 14.3. The normalized spacial score (nSPS) is 10.4. The monoisotopic (exact) mass is 293 g/mol. The van der Waals surface area contributed by atoms with Gasteiger partial charge in [0.25, 0.3) is 5.91 Å². The van der Waals surface area contributed by atoms with Gasteiger partial charge in [-0.3, -0.25) is 9.48 Å². The molecule has 0 aliphatic carbocycles. The molecule has 1 amide bonds. The molecule has 20 heavy (non-hydrogen) atoms. The average Bonchev–Trinajstić information content (AvgIpc) is 2.93. The van der Waals surface area contributed by atoms with Crippen molar-refractivity contribution in [1.82, 2.24) is 9.78 Å². The van der Waals surface area contributed by atoms with Crippen molar-refractivity contribution in [3.63, 3.8) is 0 Å². The van der Waals surface area contributed by atoms with Crippen molar-refractivity contribution in [2.24, 2.45) is 7.05 Å². The molecule has 0 bridgehead atoms. The van der Waals surface area contributed by atoms with Gasteiger partial charge in [-0.05, 0) is 19.9 Å². The van der Waals surface area contributed by atoms with E-state index in [1.54, 1.807) is 17.8 Å². The molecule has 0 aliphatic rings. The topological polar surface area (TPSA) is 73.2 Å². The summed E-state index contributed by atoms with van der Waals surface area (Å²) in [5.41, 5.74) is 1.61. The van der Waals surface area contributed by atoms with E-state index in [9.17, 15) is 9.59 Å². The Balaban J connectivity index is 2.28. The molecule has 0 spiro atoms. The molecule has 2 aromatic heterocycles. The smallest absolute Gasteiger partial charge is 0.340 e. The predicted molar refractivity (Wildman–Crippen MR) is 76.3 cm³/mol. The Bertz CT molecular complexity index is 672. The third kappa shape index (κ3) is 2.57. The Hall–Kier alpha value is -2.15. The molecule has 0 radical (unpaired) electrons. The molecular weight excluding hydrogens is 278 g/mol. The molecule has 0 fully saturated rings. The minimum atomic E-state index is -0.465. The lowest BCUT2D eigenvalue weighted by atomic mass is 10.2. The molecule has 0 unspecified atom stereocenters. The zero-order chi connectivity index (χ0) is 14.9. The standard InChI is InChI=1S/C13H15N3O3S/c1-7-5-9(13(18)19-4)12(20-7)15-11(17)10-6-14-16(3)8(10)2/h5-6H,1-4H3,(H,15,17). The van der Waals surface area contributed by atoms with Crippen molar-refractivity contribution in [3.05, 3.63) is 34.0 Å².